The fourth-order valence-corrected chi connectivity index (χ4v) is 6.46. The molecule has 0 atom stereocenters. The second kappa shape index (κ2) is 8.63. The van der Waals surface area contributed by atoms with E-state index in [4.69, 9.17) is 0 Å². The molecule has 32 heavy (non-hydrogen) atoms. The summed E-state index contributed by atoms with van der Waals surface area (Å²) in [7, 11) is -3.87. The molecule has 1 amide bonds. The van der Waals surface area contributed by atoms with Gasteiger partial charge < -0.3 is 4.90 Å². The van der Waals surface area contributed by atoms with Crippen molar-refractivity contribution in [2.75, 3.05) is 24.5 Å². The highest BCUT2D eigenvalue weighted by atomic mass is 32.2. The average Bonchev–Trinajstić information content (AvgIpc) is 2.78. The Morgan fingerprint density at radius 3 is 2.47 bits per heavy atom. The van der Waals surface area contributed by atoms with Crippen molar-refractivity contribution >= 4 is 27.3 Å². The van der Waals surface area contributed by atoms with Crippen LogP contribution < -0.4 is 4.90 Å². The summed E-state index contributed by atoms with van der Waals surface area (Å²) in [6.07, 6.45) is 2.75. The van der Waals surface area contributed by atoms with Crippen LogP contribution in [-0.2, 0) is 21.2 Å². The number of carbonyl (C=O) groups is 1. The van der Waals surface area contributed by atoms with Crippen molar-refractivity contribution in [2.45, 2.75) is 44.4 Å². The molecule has 0 unspecified atom stereocenters. The second-order valence-electron chi connectivity index (χ2n) is 8.56. The molecule has 2 aromatic rings. The molecule has 2 aliphatic rings. The predicted molar refractivity (Wildman–Crippen MR) is 121 cm³/mol. The summed E-state index contributed by atoms with van der Waals surface area (Å²) in [6, 6.07) is 9.98. The third kappa shape index (κ3) is 4.02. The number of rotatable bonds is 4. The Hall–Kier alpha value is -2.78. The molecule has 0 bridgehead atoms. The fraction of sp³-hybridized carbons (Fsp3) is 0.435. The first-order chi connectivity index (χ1) is 15.2. The summed E-state index contributed by atoms with van der Waals surface area (Å²) in [6.45, 7) is 4.76. The molecule has 1 saturated heterocycles. The number of carbonyl (C=O) groups excluding carboxylic acids is 1. The molecular weight excluding hydrogens is 430 g/mol. The Morgan fingerprint density at radius 1 is 1.06 bits per heavy atom. The van der Waals surface area contributed by atoms with Gasteiger partial charge in [0.25, 0.3) is 5.69 Å². The van der Waals surface area contributed by atoms with Crippen LogP contribution in [0.4, 0.5) is 11.4 Å². The van der Waals surface area contributed by atoms with E-state index in [0.717, 1.165) is 30.2 Å². The number of piperidine rings is 1. The lowest BCUT2D eigenvalue weighted by Crippen LogP contribution is -2.46. The minimum atomic E-state index is -3.87. The number of amides is 1. The van der Waals surface area contributed by atoms with Crippen LogP contribution in [0.15, 0.2) is 41.3 Å². The number of para-hydroxylation sites is 1. The van der Waals surface area contributed by atoms with E-state index in [9.17, 15) is 23.3 Å². The first-order valence-corrected chi connectivity index (χ1v) is 12.3. The van der Waals surface area contributed by atoms with E-state index >= 15 is 0 Å². The third-order valence-corrected chi connectivity index (χ3v) is 8.53. The zero-order chi connectivity index (χ0) is 23.0. The number of nitro benzene ring substituents is 1. The van der Waals surface area contributed by atoms with Gasteiger partial charge in [-0.05, 0) is 56.2 Å². The van der Waals surface area contributed by atoms with Crippen LogP contribution in [0.25, 0.3) is 0 Å². The van der Waals surface area contributed by atoms with Crippen molar-refractivity contribution in [2.24, 2.45) is 5.92 Å². The predicted octanol–water partition coefficient (Wildman–Crippen LogP) is 3.59. The summed E-state index contributed by atoms with van der Waals surface area (Å²) >= 11 is 0. The van der Waals surface area contributed by atoms with Crippen molar-refractivity contribution < 1.29 is 18.1 Å². The molecule has 0 aromatic heterocycles. The van der Waals surface area contributed by atoms with Crippen LogP contribution in [0, 0.1) is 29.9 Å². The zero-order valence-electron chi connectivity index (χ0n) is 18.3. The van der Waals surface area contributed by atoms with Gasteiger partial charge in [0.2, 0.25) is 15.9 Å². The molecule has 4 rings (SSSR count). The number of benzene rings is 2. The highest BCUT2D eigenvalue weighted by Crippen LogP contribution is 2.34. The maximum absolute atomic E-state index is 13.4. The van der Waals surface area contributed by atoms with Crippen LogP contribution in [-0.4, -0.2) is 43.2 Å². The first kappa shape index (κ1) is 22.4. The van der Waals surface area contributed by atoms with Crippen molar-refractivity contribution in [3.05, 3.63) is 63.2 Å². The van der Waals surface area contributed by atoms with Crippen molar-refractivity contribution in [1.29, 1.82) is 0 Å². The number of nitro groups is 1. The molecule has 0 saturated carbocycles. The minimum Gasteiger partial charge on any atom is -0.312 e. The summed E-state index contributed by atoms with van der Waals surface area (Å²) in [5.41, 5.74) is 3.49. The Kier molecular flexibility index (Phi) is 6.05. The average molecular weight is 458 g/mol. The zero-order valence-corrected chi connectivity index (χ0v) is 19.1. The van der Waals surface area contributed by atoms with Gasteiger partial charge in [-0.25, -0.2) is 8.42 Å². The standard InChI is InChI=1S/C23H27N3O5S/c1-16-8-9-20(26(28)29)15-21(16)32(30,31)24-13-10-19(11-14-24)23(27)25-12-4-7-18-6-3-5-17(2)22(18)25/h3,5-6,8-9,15,19H,4,7,10-14H2,1-2H3. The van der Waals surface area contributed by atoms with Gasteiger partial charge in [0.05, 0.1) is 9.82 Å². The monoisotopic (exact) mass is 457 g/mol. The quantitative estimate of drug-likeness (QED) is 0.516. The largest absolute Gasteiger partial charge is 0.312 e. The van der Waals surface area contributed by atoms with Gasteiger partial charge in [0.15, 0.2) is 0 Å². The first-order valence-electron chi connectivity index (χ1n) is 10.8. The van der Waals surface area contributed by atoms with E-state index in [0.29, 0.717) is 24.9 Å². The highest BCUT2D eigenvalue weighted by molar-refractivity contribution is 7.89. The molecule has 0 N–H and O–H groups in total. The van der Waals surface area contributed by atoms with Crippen LogP contribution in [0.3, 0.4) is 0 Å². The van der Waals surface area contributed by atoms with Gasteiger partial charge in [-0.2, -0.15) is 4.31 Å². The molecule has 2 aliphatic heterocycles. The number of hydrogen-bond donors (Lipinski definition) is 0. The fourth-order valence-electron chi connectivity index (χ4n) is 4.75. The summed E-state index contributed by atoms with van der Waals surface area (Å²) in [5.74, 6) is -0.179. The van der Waals surface area contributed by atoms with Gasteiger partial charge in [0.1, 0.15) is 0 Å². The van der Waals surface area contributed by atoms with Gasteiger partial charge in [-0.1, -0.05) is 24.3 Å². The summed E-state index contributed by atoms with van der Waals surface area (Å²) < 4.78 is 27.7. The van der Waals surface area contributed by atoms with E-state index in [2.05, 4.69) is 6.07 Å². The molecule has 0 aliphatic carbocycles. The molecule has 0 spiro atoms. The molecule has 170 valence electrons. The van der Waals surface area contributed by atoms with E-state index in [1.165, 1.54) is 22.0 Å². The smallest absolute Gasteiger partial charge is 0.270 e. The number of fused-ring (bicyclic) bond motifs is 1. The topological polar surface area (TPSA) is 101 Å². The van der Waals surface area contributed by atoms with Gasteiger partial charge >= 0.3 is 0 Å². The number of aryl methyl sites for hydroxylation is 3. The highest BCUT2D eigenvalue weighted by Gasteiger charge is 2.36. The van der Waals surface area contributed by atoms with Crippen molar-refractivity contribution in [3.8, 4) is 0 Å². The number of sulfonamides is 1. The number of nitrogens with zero attached hydrogens (tertiary/aromatic N) is 3. The maximum Gasteiger partial charge on any atom is 0.270 e. The van der Waals surface area contributed by atoms with Crippen LogP contribution in [0.1, 0.15) is 36.0 Å². The summed E-state index contributed by atoms with van der Waals surface area (Å²) in [5, 5.41) is 11.1. The molecule has 2 heterocycles. The Morgan fingerprint density at radius 2 is 1.78 bits per heavy atom. The molecule has 8 nitrogen and oxygen atoms in total. The summed E-state index contributed by atoms with van der Waals surface area (Å²) in [4.78, 5) is 25.7. The van der Waals surface area contributed by atoms with Gasteiger partial charge in [-0.3, -0.25) is 14.9 Å². The number of non-ortho nitro benzene ring substituents is 1. The lowest BCUT2D eigenvalue weighted by molar-refractivity contribution is -0.385. The Labute approximate surface area is 188 Å². The maximum atomic E-state index is 13.4. The van der Waals surface area contributed by atoms with E-state index in [1.807, 2.05) is 24.0 Å². The Bertz CT molecular complexity index is 1170. The van der Waals surface area contributed by atoms with E-state index in [-0.39, 0.29) is 35.5 Å². The van der Waals surface area contributed by atoms with Gasteiger partial charge in [-0.15, -0.1) is 0 Å². The molecule has 1 fully saturated rings. The van der Waals surface area contributed by atoms with Crippen LogP contribution >= 0.6 is 0 Å². The lowest BCUT2D eigenvalue weighted by Gasteiger charge is -2.36. The third-order valence-electron chi connectivity index (χ3n) is 6.49. The van der Waals surface area contributed by atoms with E-state index < -0.39 is 14.9 Å². The molecule has 2 aromatic carbocycles. The Balaban J connectivity index is 1.50. The minimum absolute atomic E-state index is 0.0444. The molecular formula is C23H27N3O5S. The second-order valence-corrected chi connectivity index (χ2v) is 10.5. The van der Waals surface area contributed by atoms with Gasteiger partial charge in [0, 0.05) is 43.4 Å². The van der Waals surface area contributed by atoms with E-state index in [1.54, 1.807) is 6.92 Å². The van der Waals surface area contributed by atoms with Crippen LogP contribution in [0.5, 0.6) is 0 Å². The number of hydrogen-bond acceptors (Lipinski definition) is 5. The lowest BCUT2D eigenvalue weighted by atomic mass is 9.93. The van der Waals surface area contributed by atoms with Crippen molar-refractivity contribution in [1.82, 2.24) is 4.31 Å². The normalized spacial score (nSPS) is 17.8. The SMILES string of the molecule is Cc1ccc([N+](=O)[O-])cc1S(=O)(=O)N1CCC(C(=O)N2CCCc3cccc(C)c32)CC1. The van der Waals surface area contributed by atoms with Crippen molar-refractivity contribution in [3.63, 3.8) is 0 Å². The van der Waals surface area contributed by atoms with Crippen LogP contribution in [0.2, 0.25) is 0 Å². The molecule has 9 heteroatoms. The number of anilines is 1. The molecule has 0 radical (unpaired) electrons.